The molecule has 5 rings (SSSR count). The molecule has 0 heterocycles. The summed E-state index contributed by atoms with van der Waals surface area (Å²) in [6.07, 6.45) is 0. The summed E-state index contributed by atoms with van der Waals surface area (Å²) in [5, 5.41) is 7.74. The lowest BCUT2D eigenvalue weighted by molar-refractivity contribution is 1.13. The first-order chi connectivity index (χ1) is 14.5. The van der Waals surface area contributed by atoms with Gasteiger partial charge in [-0.1, -0.05) is 71.8 Å². The molecule has 0 radical (unpaired) electrons. The van der Waals surface area contributed by atoms with Gasteiger partial charge in [-0.3, -0.25) is 4.99 Å². The van der Waals surface area contributed by atoms with E-state index in [0.717, 1.165) is 17.1 Å². The molecule has 1 aliphatic rings. The SMILES string of the molecule is Cc1cc(C)cc(N=C2c3cccc4cccc(c34)C2[N-]c2cc(C)cc(C)c2)c1. The summed E-state index contributed by atoms with van der Waals surface area (Å²) in [6.45, 7) is 8.50. The largest absolute Gasteiger partial charge is 0.673 e. The third-order valence-corrected chi connectivity index (χ3v) is 5.71. The van der Waals surface area contributed by atoms with Gasteiger partial charge in [-0.25, -0.2) is 0 Å². The molecule has 0 N–H and O–H groups in total. The van der Waals surface area contributed by atoms with Crippen molar-refractivity contribution in [2.45, 2.75) is 33.7 Å². The van der Waals surface area contributed by atoms with E-state index in [4.69, 9.17) is 10.3 Å². The molecule has 0 aromatic heterocycles. The highest BCUT2D eigenvalue weighted by molar-refractivity contribution is 6.22. The Balaban J connectivity index is 1.70. The minimum atomic E-state index is -0.104. The molecule has 2 nitrogen and oxygen atoms in total. The van der Waals surface area contributed by atoms with Crippen molar-refractivity contribution in [3.05, 3.63) is 111 Å². The van der Waals surface area contributed by atoms with Crippen molar-refractivity contribution in [1.82, 2.24) is 0 Å². The zero-order valence-corrected chi connectivity index (χ0v) is 17.9. The van der Waals surface area contributed by atoms with Crippen molar-refractivity contribution in [1.29, 1.82) is 0 Å². The fourth-order valence-corrected chi connectivity index (χ4v) is 4.69. The molecular formula is C28H25N2-. The van der Waals surface area contributed by atoms with Crippen molar-refractivity contribution < 1.29 is 0 Å². The topological polar surface area (TPSA) is 26.5 Å². The Morgan fingerprint density at radius 1 is 0.700 bits per heavy atom. The molecule has 0 amide bonds. The quantitative estimate of drug-likeness (QED) is 0.340. The van der Waals surface area contributed by atoms with Crippen LogP contribution in [0.5, 0.6) is 0 Å². The number of nitrogens with zero attached hydrogens (tertiary/aromatic N) is 2. The van der Waals surface area contributed by atoms with Crippen LogP contribution in [0.25, 0.3) is 16.1 Å². The molecule has 1 atom stereocenters. The van der Waals surface area contributed by atoms with Crippen molar-refractivity contribution in [2.75, 3.05) is 0 Å². The van der Waals surface area contributed by atoms with Crippen LogP contribution >= 0.6 is 0 Å². The molecule has 0 aliphatic heterocycles. The molecule has 148 valence electrons. The zero-order chi connectivity index (χ0) is 20.8. The van der Waals surface area contributed by atoms with Gasteiger partial charge in [-0.05, 0) is 73.3 Å². The van der Waals surface area contributed by atoms with E-state index in [-0.39, 0.29) is 6.04 Å². The lowest BCUT2D eigenvalue weighted by Gasteiger charge is -2.32. The molecule has 0 spiro atoms. The maximum absolute atomic E-state index is 5.21. The third-order valence-electron chi connectivity index (χ3n) is 5.71. The van der Waals surface area contributed by atoms with Gasteiger partial charge in [0.05, 0.1) is 5.69 Å². The van der Waals surface area contributed by atoms with E-state index in [1.165, 1.54) is 44.2 Å². The van der Waals surface area contributed by atoms with Crippen molar-refractivity contribution in [3.8, 4) is 0 Å². The second-order valence-electron chi connectivity index (χ2n) is 8.47. The van der Waals surface area contributed by atoms with E-state index >= 15 is 0 Å². The average Bonchev–Trinajstić information content (AvgIpc) is 2.96. The van der Waals surface area contributed by atoms with E-state index in [1.807, 2.05) is 0 Å². The lowest BCUT2D eigenvalue weighted by Crippen LogP contribution is -2.06. The van der Waals surface area contributed by atoms with E-state index < -0.39 is 0 Å². The highest BCUT2D eigenvalue weighted by atomic mass is 15.0. The van der Waals surface area contributed by atoms with Gasteiger partial charge in [0.15, 0.2) is 0 Å². The summed E-state index contributed by atoms with van der Waals surface area (Å²) in [5.41, 5.74) is 10.4. The number of rotatable bonds is 3. The number of hydrogen-bond donors (Lipinski definition) is 0. The minimum absolute atomic E-state index is 0.104. The molecule has 0 saturated carbocycles. The Labute approximate surface area is 178 Å². The van der Waals surface area contributed by atoms with Crippen LogP contribution in [0.15, 0.2) is 77.8 Å². The first-order valence-electron chi connectivity index (χ1n) is 10.5. The molecular weight excluding hydrogens is 364 g/mol. The van der Waals surface area contributed by atoms with Crippen LogP contribution in [0.3, 0.4) is 0 Å². The summed E-state index contributed by atoms with van der Waals surface area (Å²) in [5.74, 6) is 0. The number of benzene rings is 4. The fourth-order valence-electron chi connectivity index (χ4n) is 4.69. The summed E-state index contributed by atoms with van der Waals surface area (Å²) >= 11 is 0. The standard InChI is InChI=1S/C28H25N2/c1-17-11-18(2)14-22(13-17)29-27-24-9-5-7-21-8-6-10-25(26(21)24)28(27)30-23-15-19(3)12-20(4)16-23/h5-16,27H,1-4H3/q-1. The van der Waals surface area contributed by atoms with Gasteiger partial charge >= 0.3 is 0 Å². The molecule has 2 heteroatoms. The van der Waals surface area contributed by atoms with Gasteiger partial charge in [0.1, 0.15) is 0 Å². The van der Waals surface area contributed by atoms with Crippen LogP contribution in [0.4, 0.5) is 11.4 Å². The van der Waals surface area contributed by atoms with E-state index in [2.05, 4.69) is 100 Å². The summed E-state index contributed by atoms with van der Waals surface area (Å²) in [6, 6.07) is 25.9. The lowest BCUT2D eigenvalue weighted by atomic mass is 10.0. The molecule has 0 saturated heterocycles. The number of aryl methyl sites for hydroxylation is 4. The zero-order valence-electron chi connectivity index (χ0n) is 17.9. The summed E-state index contributed by atoms with van der Waals surface area (Å²) < 4.78 is 0. The van der Waals surface area contributed by atoms with E-state index in [9.17, 15) is 0 Å². The molecule has 4 aromatic rings. The Hall–Kier alpha value is -3.39. The second kappa shape index (κ2) is 7.14. The summed E-state index contributed by atoms with van der Waals surface area (Å²) in [4.78, 5) is 5.16. The van der Waals surface area contributed by atoms with Gasteiger partial charge in [0, 0.05) is 11.3 Å². The second-order valence-corrected chi connectivity index (χ2v) is 8.47. The Morgan fingerprint density at radius 2 is 1.30 bits per heavy atom. The first kappa shape index (κ1) is 18.6. The van der Waals surface area contributed by atoms with Crippen molar-refractivity contribution in [2.24, 2.45) is 4.99 Å². The Kier molecular flexibility index (Phi) is 4.43. The average molecular weight is 390 g/mol. The Bertz CT molecular complexity index is 1270. The van der Waals surface area contributed by atoms with Gasteiger partial charge in [-0.15, -0.1) is 5.69 Å². The Morgan fingerprint density at radius 3 is 1.97 bits per heavy atom. The number of hydrogen-bond acceptors (Lipinski definition) is 1. The minimum Gasteiger partial charge on any atom is -0.673 e. The summed E-state index contributed by atoms with van der Waals surface area (Å²) in [7, 11) is 0. The monoisotopic (exact) mass is 389 g/mol. The maximum Gasteiger partial charge on any atom is 0.0638 e. The predicted octanol–water partition coefficient (Wildman–Crippen LogP) is 7.95. The molecule has 0 bridgehead atoms. The van der Waals surface area contributed by atoms with Crippen LogP contribution in [-0.4, -0.2) is 5.71 Å². The van der Waals surface area contributed by atoms with E-state index in [0.29, 0.717) is 0 Å². The van der Waals surface area contributed by atoms with Gasteiger partial charge in [0.2, 0.25) is 0 Å². The highest BCUT2D eigenvalue weighted by Crippen LogP contribution is 2.45. The van der Waals surface area contributed by atoms with Gasteiger partial charge < -0.3 is 5.32 Å². The molecule has 30 heavy (non-hydrogen) atoms. The molecule has 1 aliphatic carbocycles. The molecule has 1 unspecified atom stereocenters. The predicted molar refractivity (Wildman–Crippen MR) is 128 cm³/mol. The smallest absolute Gasteiger partial charge is 0.0638 e. The van der Waals surface area contributed by atoms with Crippen LogP contribution in [0, 0.1) is 27.7 Å². The maximum atomic E-state index is 5.21. The van der Waals surface area contributed by atoms with Crippen LogP contribution in [-0.2, 0) is 0 Å². The van der Waals surface area contributed by atoms with Crippen molar-refractivity contribution in [3.63, 3.8) is 0 Å². The van der Waals surface area contributed by atoms with Gasteiger partial charge in [-0.2, -0.15) is 0 Å². The molecule has 4 aromatic carbocycles. The van der Waals surface area contributed by atoms with E-state index in [1.54, 1.807) is 0 Å². The fraction of sp³-hybridized carbons (Fsp3) is 0.179. The normalized spacial score (nSPS) is 16.4. The number of aliphatic imine (C=N–C) groups is 1. The van der Waals surface area contributed by atoms with Crippen LogP contribution in [0.1, 0.15) is 39.4 Å². The first-order valence-corrected chi connectivity index (χ1v) is 10.5. The highest BCUT2D eigenvalue weighted by Gasteiger charge is 2.25. The molecule has 0 fully saturated rings. The van der Waals surface area contributed by atoms with Crippen LogP contribution < -0.4 is 0 Å². The van der Waals surface area contributed by atoms with Crippen molar-refractivity contribution >= 4 is 27.9 Å². The third kappa shape index (κ3) is 3.29. The van der Waals surface area contributed by atoms with Crippen LogP contribution in [0.2, 0.25) is 0 Å². The van der Waals surface area contributed by atoms with Gasteiger partial charge in [0.25, 0.3) is 0 Å².